The lowest BCUT2D eigenvalue weighted by atomic mass is 9.33. The van der Waals surface area contributed by atoms with Crippen LogP contribution in [0.5, 0.6) is 0 Å². The van der Waals surface area contributed by atoms with Crippen LogP contribution in [0.1, 0.15) is 171 Å². The van der Waals surface area contributed by atoms with E-state index in [0.29, 0.717) is 40.0 Å². The predicted octanol–water partition coefficient (Wildman–Crippen LogP) is 12.2. The zero-order valence-electron chi connectivity index (χ0n) is 36.6. The van der Waals surface area contributed by atoms with Gasteiger partial charge in [0, 0.05) is 23.5 Å². The van der Waals surface area contributed by atoms with Gasteiger partial charge in [-0.2, -0.15) is 0 Å². The Morgan fingerprint density at radius 3 is 2.02 bits per heavy atom. The molecular weight excluding hydrogens is 675 g/mol. The van der Waals surface area contributed by atoms with E-state index in [1.54, 1.807) is 5.57 Å². The molecule has 5 heteroatoms. The first-order valence-corrected chi connectivity index (χ1v) is 22.3. The smallest absolute Gasteiger partial charge is 0.315 e. The Morgan fingerprint density at radius 1 is 0.818 bits per heavy atom. The highest BCUT2D eigenvalue weighted by Crippen LogP contribution is 2.76. The average molecular weight is 758 g/mol. The number of carbonyl (C=O) groups is 2. The molecule has 3 N–H and O–H groups in total. The minimum absolute atomic E-state index is 0. The minimum atomic E-state index is -0.164. The van der Waals surface area contributed by atoms with E-state index in [-0.39, 0.29) is 41.8 Å². The van der Waals surface area contributed by atoms with Crippen molar-refractivity contribution in [2.75, 3.05) is 7.05 Å². The SMILES string of the molecule is C.CC1CC1.CNC(C)C.Cc1ccc(C2=CCC3(C)C(CCC4(C)C3CCC3C5CCCC5(NC(=O)NC5CC(C=O)C5(C)C)CC[C@]34C)C2(C)C)cc1. The molecule has 7 aliphatic rings. The number of aldehydes is 1. The summed E-state index contributed by atoms with van der Waals surface area (Å²) in [5, 5.41) is 9.98. The molecule has 0 aliphatic heterocycles. The number of amides is 2. The maximum absolute atomic E-state index is 13.6. The second kappa shape index (κ2) is 15.9. The predicted molar refractivity (Wildman–Crippen MR) is 233 cm³/mol. The quantitative estimate of drug-likeness (QED) is 0.262. The van der Waals surface area contributed by atoms with Crippen LogP contribution in [0.15, 0.2) is 30.3 Å². The standard InChI is InChI=1S/C41H60N2O2.C4H11N.C4H8.CH4/c1-26-11-13-27(14-12-26)29-17-20-38(6)32(37(29,4)5)18-21-40(8)33(38)16-15-30-31-10-9-19-41(31,23-22-39(30,40)7)43-35(45)42-34-24-28(25-44)36(34,2)3;1-4(2)5-3;1-4-2-3-4;/h11-14,17,25,28,30-34H,9-10,15-16,18-24H2,1-8H3,(H2,42,43,45);4-5H,1-3H3;4H,2-3H2,1H3;1H4/t28?,30?,31?,32?,33?,34?,38?,39-,40?,41?;;;/m1.../s1. The number of carbonyl (C=O) groups excluding carboxylic acids is 2. The summed E-state index contributed by atoms with van der Waals surface area (Å²) in [5.41, 5.74) is 5.18. The highest BCUT2D eigenvalue weighted by atomic mass is 16.2. The number of urea groups is 1. The fourth-order valence-corrected chi connectivity index (χ4v) is 13.6. The number of rotatable bonds is 5. The fourth-order valence-electron chi connectivity index (χ4n) is 13.6. The van der Waals surface area contributed by atoms with Gasteiger partial charge in [-0.25, -0.2) is 4.79 Å². The third kappa shape index (κ3) is 7.65. The molecule has 7 aliphatic carbocycles. The largest absolute Gasteiger partial charge is 0.335 e. The Kier molecular flexibility index (Phi) is 12.7. The first kappa shape index (κ1) is 44.0. The van der Waals surface area contributed by atoms with Crippen LogP contribution in [0.4, 0.5) is 4.79 Å². The number of fused-ring (bicyclic) bond motifs is 7. The Balaban J connectivity index is 0.000000517. The molecule has 10 atom stereocenters. The Bertz CT molecular complexity index is 1540. The van der Waals surface area contributed by atoms with Crippen molar-refractivity contribution in [1.29, 1.82) is 0 Å². The first-order valence-electron chi connectivity index (χ1n) is 22.3. The van der Waals surface area contributed by atoms with Crippen LogP contribution in [0, 0.1) is 69.5 Å². The van der Waals surface area contributed by atoms with E-state index in [0.717, 1.165) is 37.4 Å². The van der Waals surface area contributed by atoms with Gasteiger partial charge in [-0.1, -0.05) is 132 Å². The van der Waals surface area contributed by atoms with Crippen molar-refractivity contribution in [3.05, 3.63) is 41.5 Å². The molecule has 5 nitrogen and oxygen atoms in total. The van der Waals surface area contributed by atoms with E-state index >= 15 is 0 Å². The number of nitrogens with one attached hydrogen (secondary N) is 3. The second-order valence-electron chi connectivity index (χ2n) is 21.8. The van der Waals surface area contributed by atoms with Crippen molar-refractivity contribution < 1.29 is 9.59 Å². The van der Waals surface area contributed by atoms with E-state index in [1.807, 2.05) is 7.05 Å². The van der Waals surface area contributed by atoms with Crippen LogP contribution in [0.25, 0.3) is 5.57 Å². The van der Waals surface area contributed by atoms with Crippen LogP contribution in [0.2, 0.25) is 0 Å². The summed E-state index contributed by atoms with van der Waals surface area (Å²) in [5.74, 6) is 3.79. The molecule has 0 radical (unpaired) electrons. The average Bonchev–Trinajstić information content (AvgIpc) is 3.79. The van der Waals surface area contributed by atoms with Crippen LogP contribution in [-0.2, 0) is 4.79 Å². The molecule has 1 aromatic rings. The molecule has 0 saturated heterocycles. The van der Waals surface area contributed by atoms with E-state index in [1.165, 1.54) is 75.3 Å². The zero-order valence-corrected chi connectivity index (χ0v) is 36.6. The van der Waals surface area contributed by atoms with E-state index < -0.39 is 0 Å². The monoisotopic (exact) mass is 758 g/mol. The van der Waals surface area contributed by atoms with Gasteiger partial charge < -0.3 is 20.7 Å². The van der Waals surface area contributed by atoms with Crippen molar-refractivity contribution in [1.82, 2.24) is 16.0 Å². The number of hydrogen-bond donors (Lipinski definition) is 3. The van der Waals surface area contributed by atoms with Crippen molar-refractivity contribution in [2.24, 2.45) is 62.6 Å². The van der Waals surface area contributed by atoms with Gasteiger partial charge in [0.15, 0.2) is 0 Å². The molecule has 0 heterocycles. The van der Waals surface area contributed by atoms with Crippen molar-refractivity contribution in [3.63, 3.8) is 0 Å². The molecule has 55 heavy (non-hydrogen) atoms. The zero-order chi connectivity index (χ0) is 39.5. The van der Waals surface area contributed by atoms with E-state index in [9.17, 15) is 9.59 Å². The summed E-state index contributed by atoms with van der Waals surface area (Å²) in [6.45, 7) is 26.1. The lowest BCUT2D eigenvalue weighted by Crippen LogP contribution is -2.69. The topological polar surface area (TPSA) is 70.2 Å². The second-order valence-corrected chi connectivity index (χ2v) is 21.8. The van der Waals surface area contributed by atoms with Gasteiger partial charge in [-0.05, 0) is 146 Å². The van der Waals surface area contributed by atoms with Crippen molar-refractivity contribution in [3.8, 4) is 0 Å². The molecule has 1 aromatic carbocycles. The van der Waals surface area contributed by atoms with Crippen LogP contribution < -0.4 is 16.0 Å². The third-order valence-electron chi connectivity index (χ3n) is 17.9. The number of benzene rings is 1. The fraction of sp³-hybridized carbons (Fsp3) is 0.800. The summed E-state index contributed by atoms with van der Waals surface area (Å²) in [6, 6.07) is 9.97. The highest BCUT2D eigenvalue weighted by Gasteiger charge is 2.69. The third-order valence-corrected chi connectivity index (χ3v) is 17.9. The molecule has 9 unspecified atom stereocenters. The number of aryl methyl sites for hydroxylation is 1. The molecular formula is C50H83N3O2. The summed E-state index contributed by atoms with van der Waals surface area (Å²) >= 11 is 0. The van der Waals surface area contributed by atoms with Gasteiger partial charge in [0.05, 0.1) is 0 Å². The minimum Gasteiger partial charge on any atom is -0.335 e. The number of allylic oxidation sites excluding steroid dienone is 2. The van der Waals surface area contributed by atoms with E-state index in [4.69, 9.17) is 0 Å². The van der Waals surface area contributed by atoms with Gasteiger partial charge in [-0.3, -0.25) is 0 Å². The molecule has 0 aromatic heterocycles. The molecule has 6 saturated carbocycles. The van der Waals surface area contributed by atoms with Crippen LogP contribution in [-0.4, -0.2) is 37.0 Å². The molecule has 0 bridgehead atoms. The van der Waals surface area contributed by atoms with Crippen molar-refractivity contribution in [2.45, 2.75) is 185 Å². The normalized spacial score (nSPS) is 40.3. The maximum atomic E-state index is 13.6. The molecule has 6 fully saturated rings. The van der Waals surface area contributed by atoms with Gasteiger partial charge in [0.1, 0.15) is 6.29 Å². The van der Waals surface area contributed by atoms with Crippen molar-refractivity contribution >= 4 is 17.9 Å². The molecule has 310 valence electrons. The Labute approximate surface area is 338 Å². The summed E-state index contributed by atoms with van der Waals surface area (Å²) < 4.78 is 0. The number of hydrogen-bond acceptors (Lipinski definition) is 3. The van der Waals surface area contributed by atoms with Gasteiger partial charge >= 0.3 is 6.03 Å². The van der Waals surface area contributed by atoms with Gasteiger partial charge in [0.25, 0.3) is 0 Å². The lowest BCUT2D eigenvalue weighted by Gasteiger charge is -2.72. The first-order chi connectivity index (χ1) is 25.3. The Hall–Kier alpha value is -2.14. The van der Waals surface area contributed by atoms with Gasteiger partial charge in [-0.15, -0.1) is 0 Å². The van der Waals surface area contributed by atoms with E-state index in [2.05, 4.69) is 122 Å². The molecule has 2 amide bonds. The van der Waals surface area contributed by atoms with Gasteiger partial charge in [0.2, 0.25) is 0 Å². The van der Waals surface area contributed by atoms with Crippen LogP contribution in [0.3, 0.4) is 0 Å². The summed E-state index contributed by atoms with van der Waals surface area (Å²) in [4.78, 5) is 25.0. The molecule has 8 rings (SSSR count). The molecule has 0 spiro atoms. The summed E-state index contributed by atoms with van der Waals surface area (Å²) in [6.07, 6.45) is 19.8. The Morgan fingerprint density at radius 2 is 1.45 bits per heavy atom. The lowest BCUT2D eigenvalue weighted by molar-refractivity contribution is -0.216. The van der Waals surface area contributed by atoms with Crippen LogP contribution >= 0.6 is 0 Å². The highest BCUT2D eigenvalue weighted by molar-refractivity contribution is 5.76. The maximum Gasteiger partial charge on any atom is 0.315 e. The summed E-state index contributed by atoms with van der Waals surface area (Å²) in [7, 11) is 1.95.